The summed E-state index contributed by atoms with van der Waals surface area (Å²) in [7, 11) is 0. The number of hydrogen-bond donors (Lipinski definition) is 2. The summed E-state index contributed by atoms with van der Waals surface area (Å²) >= 11 is 0. The third kappa shape index (κ3) is 4.08. The molecule has 0 spiro atoms. The predicted molar refractivity (Wildman–Crippen MR) is 62.1 cm³/mol. The minimum atomic E-state index is -0.773. The van der Waals surface area contributed by atoms with E-state index in [0.717, 1.165) is 0 Å². The van der Waals surface area contributed by atoms with Gasteiger partial charge in [-0.15, -0.1) is 0 Å². The summed E-state index contributed by atoms with van der Waals surface area (Å²) in [5, 5.41) is 29.4. The van der Waals surface area contributed by atoms with Crippen LogP contribution >= 0.6 is 0 Å². The van der Waals surface area contributed by atoms with Crippen LogP contribution in [0.3, 0.4) is 0 Å². The Bertz CT molecular complexity index is 313. The number of ether oxygens (including phenoxy) is 3. The van der Waals surface area contributed by atoms with Crippen molar-refractivity contribution in [2.45, 2.75) is 49.9 Å². The Morgan fingerprint density at radius 1 is 1.32 bits per heavy atom. The number of hydrogen-bond acceptors (Lipinski definition) is 7. The molecule has 8 nitrogen and oxygen atoms in total. The molecular formula is C11H19NO7. The summed E-state index contributed by atoms with van der Waals surface area (Å²) in [5.74, 6) is 0. The second-order valence-electron chi connectivity index (χ2n) is 4.97. The van der Waals surface area contributed by atoms with E-state index in [1.54, 1.807) is 0 Å². The van der Waals surface area contributed by atoms with Gasteiger partial charge >= 0.3 is 0 Å². The third-order valence-electron chi connectivity index (χ3n) is 3.34. The van der Waals surface area contributed by atoms with Gasteiger partial charge in [0.1, 0.15) is 0 Å². The van der Waals surface area contributed by atoms with Crippen molar-refractivity contribution in [2.75, 3.05) is 19.8 Å². The quantitative estimate of drug-likeness (QED) is 0.516. The van der Waals surface area contributed by atoms with Crippen molar-refractivity contribution in [3.8, 4) is 0 Å². The predicted octanol–water partition coefficient (Wildman–Crippen LogP) is -0.705. The zero-order valence-corrected chi connectivity index (χ0v) is 10.5. The van der Waals surface area contributed by atoms with Gasteiger partial charge in [-0.05, 0) is 0 Å². The molecule has 2 heterocycles. The average molecular weight is 277 g/mol. The van der Waals surface area contributed by atoms with Gasteiger partial charge in [0.25, 0.3) is 0 Å². The fraction of sp³-hybridized carbons (Fsp3) is 1.00. The first-order valence-corrected chi connectivity index (χ1v) is 6.39. The van der Waals surface area contributed by atoms with Crippen LogP contribution in [-0.2, 0) is 14.2 Å². The Kier molecular flexibility index (Phi) is 5.06. The van der Waals surface area contributed by atoms with E-state index >= 15 is 0 Å². The van der Waals surface area contributed by atoms with Gasteiger partial charge in [-0.3, -0.25) is 10.1 Å². The molecule has 0 radical (unpaired) electrons. The molecule has 0 bridgehead atoms. The Morgan fingerprint density at radius 2 is 2.11 bits per heavy atom. The molecule has 5 atom stereocenters. The minimum absolute atomic E-state index is 0.149. The third-order valence-corrected chi connectivity index (χ3v) is 3.34. The molecule has 0 aromatic carbocycles. The van der Waals surface area contributed by atoms with Crippen molar-refractivity contribution in [3.63, 3.8) is 0 Å². The van der Waals surface area contributed by atoms with E-state index in [4.69, 9.17) is 19.3 Å². The Hall–Kier alpha value is -0.800. The molecule has 0 aliphatic carbocycles. The summed E-state index contributed by atoms with van der Waals surface area (Å²) in [6.45, 7) is 0.347. The van der Waals surface area contributed by atoms with E-state index < -0.39 is 24.5 Å². The summed E-state index contributed by atoms with van der Waals surface area (Å²) < 4.78 is 16.2. The van der Waals surface area contributed by atoms with Gasteiger partial charge in [-0.1, -0.05) is 0 Å². The molecule has 2 saturated heterocycles. The maximum atomic E-state index is 10.9. The van der Waals surface area contributed by atoms with Gasteiger partial charge in [0.15, 0.2) is 6.29 Å². The largest absolute Gasteiger partial charge is 0.394 e. The van der Waals surface area contributed by atoms with E-state index in [1.807, 2.05) is 0 Å². The molecule has 0 amide bonds. The molecule has 2 aliphatic heterocycles. The average Bonchev–Trinajstić information content (AvgIpc) is 2.38. The molecule has 110 valence electrons. The summed E-state index contributed by atoms with van der Waals surface area (Å²) in [6, 6.07) is -0.773. The van der Waals surface area contributed by atoms with Gasteiger partial charge in [0.2, 0.25) is 6.04 Å². The Labute approximate surface area is 110 Å². The van der Waals surface area contributed by atoms with Crippen molar-refractivity contribution in [3.05, 3.63) is 10.1 Å². The zero-order chi connectivity index (χ0) is 13.8. The van der Waals surface area contributed by atoms with E-state index in [0.29, 0.717) is 13.0 Å². The number of aliphatic hydroxyl groups is 2. The van der Waals surface area contributed by atoms with Crippen molar-refractivity contribution in [1.29, 1.82) is 0 Å². The fourth-order valence-corrected chi connectivity index (χ4v) is 2.41. The van der Waals surface area contributed by atoms with Crippen LogP contribution in [0, 0.1) is 10.1 Å². The van der Waals surface area contributed by atoms with Gasteiger partial charge in [-0.2, -0.15) is 0 Å². The van der Waals surface area contributed by atoms with E-state index in [-0.39, 0.29) is 37.1 Å². The van der Waals surface area contributed by atoms with Gasteiger partial charge in [0.05, 0.1) is 44.6 Å². The maximum absolute atomic E-state index is 10.9. The topological polar surface area (TPSA) is 111 Å². The van der Waals surface area contributed by atoms with E-state index in [9.17, 15) is 15.2 Å². The standard InChI is InChI=1S/C11H19NO7/c13-4-9-1-7(12(15)16)2-11(18-9)19-10-3-8(14)5-17-6-10/h7-11,13-14H,1-6H2/t7-,8+,9?,10-,11-/m1/s1. The number of nitrogens with zero attached hydrogens (tertiary/aromatic N) is 1. The molecule has 2 aliphatic rings. The summed E-state index contributed by atoms with van der Waals surface area (Å²) in [6.07, 6.45) is -1.47. The fourth-order valence-electron chi connectivity index (χ4n) is 2.41. The summed E-state index contributed by atoms with van der Waals surface area (Å²) in [4.78, 5) is 10.5. The molecule has 0 saturated carbocycles. The molecule has 2 fully saturated rings. The van der Waals surface area contributed by atoms with Crippen molar-refractivity contribution in [1.82, 2.24) is 0 Å². The van der Waals surface area contributed by atoms with Crippen LogP contribution in [0.5, 0.6) is 0 Å². The SMILES string of the molecule is O=[N+]([O-])[C@@H]1CC(CO)O[C@H](O[C@H]2COC[C@@H](O)C2)C1. The van der Waals surface area contributed by atoms with Crippen molar-refractivity contribution < 1.29 is 29.3 Å². The lowest BCUT2D eigenvalue weighted by molar-refractivity contribution is -0.538. The molecule has 2 rings (SSSR count). The lowest BCUT2D eigenvalue weighted by Gasteiger charge is -2.34. The van der Waals surface area contributed by atoms with Crippen molar-refractivity contribution >= 4 is 0 Å². The van der Waals surface area contributed by atoms with E-state index in [2.05, 4.69) is 0 Å². The van der Waals surface area contributed by atoms with Crippen LogP contribution in [0.4, 0.5) is 0 Å². The van der Waals surface area contributed by atoms with Crippen LogP contribution in [0.2, 0.25) is 0 Å². The lowest BCUT2D eigenvalue weighted by atomic mass is 10.0. The smallest absolute Gasteiger partial charge is 0.220 e. The molecule has 8 heteroatoms. The monoisotopic (exact) mass is 277 g/mol. The van der Waals surface area contributed by atoms with Crippen LogP contribution in [0.1, 0.15) is 19.3 Å². The normalized spacial score (nSPS) is 40.0. The molecule has 1 unspecified atom stereocenters. The summed E-state index contributed by atoms with van der Waals surface area (Å²) in [5.41, 5.74) is 0. The van der Waals surface area contributed by atoms with Gasteiger partial charge in [0, 0.05) is 17.8 Å². The second-order valence-corrected chi connectivity index (χ2v) is 4.97. The highest BCUT2D eigenvalue weighted by atomic mass is 16.7. The molecule has 0 aromatic rings. The number of aliphatic hydroxyl groups excluding tert-OH is 2. The Morgan fingerprint density at radius 3 is 2.74 bits per heavy atom. The molecular weight excluding hydrogens is 258 g/mol. The highest BCUT2D eigenvalue weighted by Gasteiger charge is 2.38. The van der Waals surface area contributed by atoms with Gasteiger partial charge < -0.3 is 24.4 Å². The number of rotatable bonds is 4. The van der Waals surface area contributed by atoms with E-state index in [1.165, 1.54) is 0 Å². The molecule has 19 heavy (non-hydrogen) atoms. The first-order chi connectivity index (χ1) is 9.08. The maximum Gasteiger partial charge on any atom is 0.220 e. The van der Waals surface area contributed by atoms with Crippen molar-refractivity contribution in [2.24, 2.45) is 0 Å². The van der Waals surface area contributed by atoms with Crippen LogP contribution in [0.25, 0.3) is 0 Å². The molecule has 2 N–H and O–H groups in total. The van der Waals surface area contributed by atoms with Crippen LogP contribution in [0.15, 0.2) is 0 Å². The lowest BCUT2D eigenvalue weighted by Crippen LogP contribution is -2.45. The van der Waals surface area contributed by atoms with Crippen LogP contribution < -0.4 is 0 Å². The Balaban J connectivity index is 1.89. The first-order valence-electron chi connectivity index (χ1n) is 6.39. The highest BCUT2D eigenvalue weighted by molar-refractivity contribution is 4.76. The highest BCUT2D eigenvalue weighted by Crippen LogP contribution is 2.25. The zero-order valence-electron chi connectivity index (χ0n) is 10.5. The first kappa shape index (κ1) is 14.6. The minimum Gasteiger partial charge on any atom is -0.394 e. The van der Waals surface area contributed by atoms with Gasteiger partial charge in [-0.25, -0.2) is 0 Å². The molecule has 0 aromatic heterocycles. The van der Waals surface area contributed by atoms with Crippen LogP contribution in [-0.4, -0.2) is 65.6 Å². The number of nitro groups is 1. The second kappa shape index (κ2) is 6.58.